The minimum absolute atomic E-state index is 0.0516. The predicted molar refractivity (Wildman–Crippen MR) is 95.4 cm³/mol. The second kappa shape index (κ2) is 6.73. The first-order valence-electron chi connectivity index (χ1n) is 7.91. The van der Waals surface area contributed by atoms with Gasteiger partial charge in [-0.05, 0) is 36.4 Å². The van der Waals surface area contributed by atoms with Gasteiger partial charge in [0, 0.05) is 28.9 Å². The lowest BCUT2D eigenvalue weighted by molar-refractivity contribution is 0.103. The van der Waals surface area contributed by atoms with Gasteiger partial charge in [-0.3, -0.25) is 9.78 Å². The van der Waals surface area contributed by atoms with E-state index in [-0.39, 0.29) is 5.78 Å². The third-order valence-corrected chi connectivity index (χ3v) is 4.18. The second-order valence-electron chi connectivity index (χ2n) is 5.88. The number of aromatic nitrogens is 1. The van der Waals surface area contributed by atoms with Crippen molar-refractivity contribution >= 4 is 22.6 Å². The molecule has 0 saturated heterocycles. The van der Waals surface area contributed by atoms with Crippen LogP contribution in [0.5, 0.6) is 0 Å². The standard InChI is InChI=1S/C20H18N2O3/c1-12-10-14(13(2)25-20(21)24)6-7-16(12)19(23)18-5-3-4-15-11-22-9-8-17(15)18/h3-11,13H,1-2H3,(H2,21,24)/t13-/m0/s1. The highest BCUT2D eigenvalue weighted by atomic mass is 16.6. The number of carbonyl (C=O) groups is 2. The van der Waals surface area contributed by atoms with Gasteiger partial charge in [-0.15, -0.1) is 0 Å². The van der Waals surface area contributed by atoms with Crippen molar-refractivity contribution in [2.75, 3.05) is 0 Å². The van der Waals surface area contributed by atoms with Gasteiger partial charge in [0.15, 0.2) is 5.78 Å². The summed E-state index contributed by atoms with van der Waals surface area (Å²) < 4.78 is 4.98. The molecule has 3 aromatic rings. The fraction of sp³-hybridized carbons (Fsp3) is 0.150. The van der Waals surface area contributed by atoms with E-state index >= 15 is 0 Å². The number of aryl methyl sites for hydroxylation is 1. The summed E-state index contributed by atoms with van der Waals surface area (Å²) in [6, 6.07) is 12.8. The normalized spacial score (nSPS) is 11.9. The van der Waals surface area contributed by atoms with Crippen LogP contribution in [0.3, 0.4) is 0 Å². The molecule has 0 aliphatic heterocycles. The summed E-state index contributed by atoms with van der Waals surface area (Å²) >= 11 is 0. The van der Waals surface area contributed by atoms with E-state index < -0.39 is 12.2 Å². The number of fused-ring (bicyclic) bond motifs is 1. The van der Waals surface area contributed by atoms with Crippen molar-refractivity contribution in [1.82, 2.24) is 4.98 Å². The van der Waals surface area contributed by atoms with Crippen LogP contribution >= 0.6 is 0 Å². The minimum atomic E-state index is -0.824. The molecule has 2 aromatic carbocycles. The zero-order chi connectivity index (χ0) is 18.0. The number of rotatable bonds is 4. The molecule has 1 amide bonds. The zero-order valence-corrected chi connectivity index (χ0v) is 14.0. The highest BCUT2D eigenvalue weighted by Gasteiger charge is 2.17. The van der Waals surface area contributed by atoms with Crippen molar-refractivity contribution in [1.29, 1.82) is 0 Å². The molecule has 0 aliphatic rings. The summed E-state index contributed by atoms with van der Waals surface area (Å²) in [6.07, 6.45) is 2.13. The van der Waals surface area contributed by atoms with Gasteiger partial charge in [0.2, 0.25) is 0 Å². The van der Waals surface area contributed by atoms with Crippen LogP contribution in [0, 0.1) is 6.92 Å². The van der Waals surface area contributed by atoms with Crippen molar-refractivity contribution in [3.8, 4) is 0 Å². The molecule has 0 aliphatic carbocycles. The lowest BCUT2D eigenvalue weighted by atomic mass is 9.94. The Balaban J connectivity index is 1.98. The van der Waals surface area contributed by atoms with Crippen molar-refractivity contribution in [2.24, 2.45) is 5.73 Å². The SMILES string of the molecule is Cc1cc([C@H](C)OC(N)=O)ccc1C(=O)c1cccc2cnccc12. The molecule has 25 heavy (non-hydrogen) atoms. The van der Waals surface area contributed by atoms with E-state index in [1.165, 1.54) is 0 Å². The fourth-order valence-corrected chi connectivity index (χ4v) is 2.90. The second-order valence-corrected chi connectivity index (χ2v) is 5.88. The van der Waals surface area contributed by atoms with E-state index in [1.807, 2.05) is 37.3 Å². The van der Waals surface area contributed by atoms with Crippen LogP contribution in [0.1, 0.15) is 40.1 Å². The average molecular weight is 334 g/mol. The third kappa shape index (κ3) is 3.35. The Kier molecular flexibility index (Phi) is 4.48. The van der Waals surface area contributed by atoms with Crippen molar-refractivity contribution in [3.63, 3.8) is 0 Å². The Bertz CT molecular complexity index is 961. The lowest BCUT2D eigenvalue weighted by Crippen LogP contribution is -2.16. The molecule has 5 nitrogen and oxygen atoms in total. The maximum Gasteiger partial charge on any atom is 0.405 e. The number of pyridine rings is 1. The summed E-state index contributed by atoms with van der Waals surface area (Å²) in [5.74, 6) is -0.0516. The summed E-state index contributed by atoms with van der Waals surface area (Å²) in [6.45, 7) is 3.60. The van der Waals surface area contributed by atoms with Gasteiger partial charge in [-0.2, -0.15) is 0 Å². The van der Waals surface area contributed by atoms with Crippen LogP contribution in [-0.2, 0) is 4.74 Å². The average Bonchev–Trinajstić information content (AvgIpc) is 2.60. The number of amides is 1. The number of ether oxygens (including phenoxy) is 1. The van der Waals surface area contributed by atoms with E-state index in [0.29, 0.717) is 11.1 Å². The molecule has 1 aromatic heterocycles. The first-order valence-corrected chi connectivity index (χ1v) is 7.91. The monoisotopic (exact) mass is 334 g/mol. The van der Waals surface area contributed by atoms with Crippen LogP contribution in [0.2, 0.25) is 0 Å². The van der Waals surface area contributed by atoms with E-state index in [9.17, 15) is 9.59 Å². The Morgan fingerprint density at radius 1 is 1.12 bits per heavy atom. The molecule has 2 N–H and O–H groups in total. The van der Waals surface area contributed by atoms with E-state index in [0.717, 1.165) is 21.9 Å². The number of nitrogens with zero attached hydrogens (tertiary/aromatic N) is 1. The van der Waals surface area contributed by atoms with Gasteiger partial charge in [0.25, 0.3) is 0 Å². The third-order valence-electron chi connectivity index (χ3n) is 4.18. The van der Waals surface area contributed by atoms with Gasteiger partial charge < -0.3 is 10.5 Å². The molecule has 0 fully saturated rings. The maximum absolute atomic E-state index is 13.0. The summed E-state index contributed by atoms with van der Waals surface area (Å²) in [5.41, 5.74) is 7.90. The number of hydrogen-bond donors (Lipinski definition) is 1. The summed E-state index contributed by atoms with van der Waals surface area (Å²) in [7, 11) is 0. The van der Waals surface area contributed by atoms with Gasteiger partial charge >= 0.3 is 6.09 Å². The Morgan fingerprint density at radius 3 is 2.64 bits per heavy atom. The van der Waals surface area contributed by atoms with E-state index in [1.54, 1.807) is 31.5 Å². The molecule has 0 spiro atoms. The molecule has 0 radical (unpaired) electrons. The maximum atomic E-state index is 13.0. The molecule has 0 saturated carbocycles. The zero-order valence-electron chi connectivity index (χ0n) is 14.0. The first-order chi connectivity index (χ1) is 12.0. The largest absolute Gasteiger partial charge is 0.442 e. The van der Waals surface area contributed by atoms with Crippen molar-refractivity contribution in [3.05, 3.63) is 77.1 Å². The summed E-state index contributed by atoms with van der Waals surface area (Å²) in [4.78, 5) is 28.0. The van der Waals surface area contributed by atoms with Crippen molar-refractivity contribution < 1.29 is 14.3 Å². The number of benzene rings is 2. The predicted octanol–water partition coefficient (Wildman–Crippen LogP) is 3.93. The summed E-state index contributed by atoms with van der Waals surface area (Å²) in [5, 5.41) is 1.79. The van der Waals surface area contributed by atoms with Gasteiger partial charge in [0.1, 0.15) is 6.10 Å². The van der Waals surface area contributed by atoms with Crippen LogP contribution in [-0.4, -0.2) is 16.9 Å². The molecular formula is C20H18N2O3. The molecular weight excluding hydrogens is 316 g/mol. The fourth-order valence-electron chi connectivity index (χ4n) is 2.90. The van der Waals surface area contributed by atoms with Gasteiger partial charge in [-0.25, -0.2) is 4.79 Å². The smallest absolute Gasteiger partial charge is 0.405 e. The molecule has 0 bridgehead atoms. The van der Waals surface area contributed by atoms with Crippen LogP contribution in [0.4, 0.5) is 4.79 Å². The van der Waals surface area contributed by atoms with Crippen molar-refractivity contribution in [2.45, 2.75) is 20.0 Å². The Morgan fingerprint density at radius 2 is 1.92 bits per heavy atom. The molecule has 0 unspecified atom stereocenters. The topological polar surface area (TPSA) is 82.3 Å². The number of carbonyl (C=O) groups excluding carboxylic acids is 2. The molecule has 1 heterocycles. The molecule has 3 rings (SSSR count). The highest BCUT2D eigenvalue weighted by Crippen LogP contribution is 2.25. The molecule has 5 heteroatoms. The number of ketones is 1. The Labute approximate surface area is 145 Å². The van der Waals surface area contributed by atoms with Gasteiger partial charge in [-0.1, -0.05) is 36.4 Å². The van der Waals surface area contributed by atoms with Crippen LogP contribution in [0.25, 0.3) is 10.8 Å². The quantitative estimate of drug-likeness (QED) is 0.733. The lowest BCUT2D eigenvalue weighted by Gasteiger charge is -2.14. The first kappa shape index (κ1) is 16.6. The van der Waals surface area contributed by atoms with Gasteiger partial charge in [0.05, 0.1) is 0 Å². The van der Waals surface area contributed by atoms with E-state index in [4.69, 9.17) is 10.5 Å². The van der Waals surface area contributed by atoms with E-state index in [2.05, 4.69) is 4.98 Å². The Hall–Kier alpha value is -3.21. The number of hydrogen-bond acceptors (Lipinski definition) is 4. The molecule has 126 valence electrons. The van der Waals surface area contributed by atoms with Crippen LogP contribution < -0.4 is 5.73 Å². The minimum Gasteiger partial charge on any atom is -0.442 e. The number of primary amides is 1. The molecule has 1 atom stereocenters. The van der Waals surface area contributed by atoms with Crippen LogP contribution in [0.15, 0.2) is 54.9 Å². The highest BCUT2D eigenvalue weighted by molar-refractivity contribution is 6.16. The number of nitrogens with two attached hydrogens (primary N) is 1.